The number of nitrogens with one attached hydrogen (secondary N) is 1. The Morgan fingerprint density at radius 3 is 3.00 bits per heavy atom. The summed E-state index contributed by atoms with van der Waals surface area (Å²) in [5.41, 5.74) is 2.43. The summed E-state index contributed by atoms with van der Waals surface area (Å²) in [6, 6.07) is 5.67. The van der Waals surface area contributed by atoms with Gasteiger partial charge in [-0.2, -0.15) is 0 Å². The Labute approximate surface area is 123 Å². The van der Waals surface area contributed by atoms with Crippen molar-refractivity contribution in [2.45, 2.75) is 38.0 Å². The molecule has 4 rings (SSSR count). The third-order valence-corrected chi connectivity index (χ3v) is 4.17. The lowest BCUT2D eigenvalue weighted by molar-refractivity contribution is -0.116. The molecule has 21 heavy (non-hydrogen) atoms. The van der Waals surface area contributed by atoms with Gasteiger partial charge in [-0.15, -0.1) is 0 Å². The molecule has 0 bridgehead atoms. The van der Waals surface area contributed by atoms with Gasteiger partial charge in [-0.3, -0.25) is 4.79 Å². The number of rotatable bonds is 4. The lowest BCUT2D eigenvalue weighted by atomic mass is 10.1. The van der Waals surface area contributed by atoms with Crippen LogP contribution in [0.2, 0.25) is 0 Å². The third-order valence-electron chi connectivity index (χ3n) is 4.17. The molecular formula is C17H18N2O2. The van der Waals surface area contributed by atoms with Crippen LogP contribution in [-0.2, 0) is 4.79 Å². The van der Waals surface area contributed by atoms with Gasteiger partial charge in [0.05, 0.1) is 0 Å². The Balaban J connectivity index is 1.47. The van der Waals surface area contributed by atoms with E-state index in [2.05, 4.69) is 22.5 Å². The predicted molar refractivity (Wildman–Crippen MR) is 81.1 cm³/mol. The van der Waals surface area contributed by atoms with Crippen molar-refractivity contribution in [1.29, 1.82) is 0 Å². The maximum atomic E-state index is 12.0. The molecule has 1 saturated carbocycles. The number of anilines is 1. The Morgan fingerprint density at radius 2 is 2.24 bits per heavy atom. The molecule has 2 aliphatic rings. The number of oxazole rings is 1. The summed E-state index contributed by atoms with van der Waals surface area (Å²) in [4.78, 5) is 16.6. The standard InChI is InChI=1S/C17H18N2O2/c20-16(9-11-3-1-2-4-11)18-13-7-8-15-14(10-13)19-17(21-15)12-5-6-12/h1,3,7-8,10-12H,2,4-6,9H2,(H,18,20)/t11-/m0/s1. The number of hydrogen-bond donors (Lipinski definition) is 1. The van der Waals surface area contributed by atoms with Crippen LogP contribution in [0.15, 0.2) is 34.8 Å². The monoisotopic (exact) mass is 282 g/mol. The summed E-state index contributed by atoms with van der Waals surface area (Å²) in [5.74, 6) is 1.80. The van der Waals surface area contributed by atoms with E-state index >= 15 is 0 Å². The summed E-state index contributed by atoms with van der Waals surface area (Å²) in [5, 5.41) is 2.96. The maximum Gasteiger partial charge on any atom is 0.224 e. The van der Waals surface area contributed by atoms with Gasteiger partial charge in [0.1, 0.15) is 5.52 Å². The van der Waals surface area contributed by atoms with Crippen molar-refractivity contribution in [2.24, 2.45) is 5.92 Å². The summed E-state index contributed by atoms with van der Waals surface area (Å²) in [6.45, 7) is 0. The first-order valence-corrected chi connectivity index (χ1v) is 7.65. The lowest BCUT2D eigenvalue weighted by Crippen LogP contribution is -2.14. The number of benzene rings is 1. The Hall–Kier alpha value is -2.10. The van der Waals surface area contributed by atoms with Gasteiger partial charge in [0, 0.05) is 18.0 Å². The van der Waals surface area contributed by atoms with E-state index in [9.17, 15) is 4.79 Å². The van der Waals surface area contributed by atoms with Crippen LogP contribution in [0.1, 0.15) is 43.9 Å². The van der Waals surface area contributed by atoms with Crippen molar-refractivity contribution >= 4 is 22.7 Å². The first-order chi connectivity index (χ1) is 10.3. The van der Waals surface area contributed by atoms with E-state index in [0.29, 0.717) is 18.3 Å². The quantitative estimate of drug-likeness (QED) is 0.862. The fraction of sp³-hybridized carbons (Fsp3) is 0.412. The van der Waals surface area contributed by atoms with Gasteiger partial charge < -0.3 is 9.73 Å². The van der Waals surface area contributed by atoms with E-state index in [1.807, 2.05) is 18.2 Å². The molecule has 4 nitrogen and oxygen atoms in total. The van der Waals surface area contributed by atoms with Crippen LogP contribution in [0.3, 0.4) is 0 Å². The SMILES string of the molecule is O=C(C[C@H]1C=CCC1)Nc1ccc2oc(C3CC3)nc2c1. The number of fused-ring (bicyclic) bond motifs is 1. The molecule has 1 atom stereocenters. The molecule has 0 radical (unpaired) electrons. The molecule has 0 aliphatic heterocycles. The molecule has 1 fully saturated rings. The summed E-state index contributed by atoms with van der Waals surface area (Å²) < 4.78 is 5.73. The van der Waals surface area contributed by atoms with E-state index < -0.39 is 0 Å². The number of aromatic nitrogens is 1. The van der Waals surface area contributed by atoms with Crippen molar-refractivity contribution in [3.8, 4) is 0 Å². The smallest absolute Gasteiger partial charge is 0.224 e. The van der Waals surface area contributed by atoms with Crippen LogP contribution < -0.4 is 5.32 Å². The van der Waals surface area contributed by atoms with Crippen molar-refractivity contribution in [2.75, 3.05) is 5.32 Å². The highest BCUT2D eigenvalue weighted by molar-refractivity contribution is 5.93. The zero-order chi connectivity index (χ0) is 14.2. The second kappa shape index (κ2) is 5.02. The zero-order valence-corrected chi connectivity index (χ0v) is 11.8. The fourth-order valence-corrected chi connectivity index (χ4v) is 2.84. The topological polar surface area (TPSA) is 55.1 Å². The number of allylic oxidation sites excluding steroid dienone is 2. The predicted octanol–water partition coefficient (Wildman–Crippen LogP) is 4.00. The molecule has 108 valence electrons. The highest BCUT2D eigenvalue weighted by Gasteiger charge is 2.28. The Kier molecular flexibility index (Phi) is 3.02. The minimum atomic E-state index is 0.0665. The van der Waals surface area contributed by atoms with Crippen LogP contribution >= 0.6 is 0 Å². The molecular weight excluding hydrogens is 264 g/mol. The number of amides is 1. The van der Waals surface area contributed by atoms with E-state index in [1.54, 1.807) is 0 Å². The minimum Gasteiger partial charge on any atom is -0.440 e. The van der Waals surface area contributed by atoms with E-state index in [1.165, 1.54) is 12.8 Å². The van der Waals surface area contributed by atoms with Gasteiger partial charge in [0.15, 0.2) is 11.5 Å². The van der Waals surface area contributed by atoms with Gasteiger partial charge in [-0.1, -0.05) is 12.2 Å². The molecule has 2 aliphatic carbocycles. The highest BCUT2D eigenvalue weighted by atomic mass is 16.3. The number of nitrogens with zero attached hydrogens (tertiary/aromatic N) is 1. The Morgan fingerprint density at radius 1 is 1.33 bits per heavy atom. The normalized spacial score (nSPS) is 21.0. The van der Waals surface area contributed by atoms with Gasteiger partial charge in [-0.05, 0) is 49.8 Å². The molecule has 1 aromatic heterocycles. The first-order valence-electron chi connectivity index (χ1n) is 7.65. The van der Waals surface area contributed by atoms with Gasteiger partial charge in [0.2, 0.25) is 5.91 Å². The van der Waals surface area contributed by atoms with Crippen molar-refractivity contribution < 1.29 is 9.21 Å². The first kappa shape index (κ1) is 12.6. The molecule has 2 aromatic rings. The van der Waals surface area contributed by atoms with Crippen LogP contribution in [-0.4, -0.2) is 10.9 Å². The second-order valence-corrected chi connectivity index (χ2v) is 6.03. The van der Waals surface area contributed by atoms with Crippen molar-refractivity contribution in [1.82, 2.24) is 4.98 Å². The third kappa shape index (κ3) is 2.71. The Bertz CT molecular complexity index is 713. The molecule has 1 amide bonds. The van der Waals surface area contributed by atoms with Gasteiger partial charge >= 0.3 is 0 Å². The molecule has 1 aromatic carbocycles. The number of carbonyl (C=O) groups excluding carboxylic acids is 1. The van der Waals surface area contributed by atoms with Crippen molar-refractivity contribution in [3.05, 3.63) is 36.2 Å². The van der Waals surface area contributed by atoms with E-state index in [4.69, 9.17) is 4.42 Å². The van der Waals surface area contributed by atoms with Gasteiger partial charge in [-0.25, -0.2) is 4.98 Å². The molecule has 0 spiro atoms. The molecule has 4 heteroatoms. The summed E-state index contributed by atoms with van der Waals surface area (Å²) >= 11 is 0. The van der Waals surface area contributed by atoms with Gasteiger partial charge in [0.25, 0.3) is 0 Å². The average molecular weight is 282 g/mol. The van der Waals surface area contributed by atoms with E-state index in [-0.39, 0.29) is 5.91 Å². The summed E-state index contributed by atoms with van der Waals surface area (Å²) in [6.07, 6.45) is 9.37. The van der Waals surface area contributed by atoms with Crippen molar-refractivity contribution in [3.63, 3.8) is 0 Å². The summed E-state index contributed by atoms with van der Waals surface area (Å²) in [7, 11) is 0. The largest absolute Gasteiger partial charge is 0.440 e. The minimum absolute atomic E-state index is 0.0665. The molecule has 1 N–H and O–H groups in total. The highest BCUT2D eigenvalue weighted by Crippen LogP contribution is 2.40. The average Bonchev–Trinajstić information content (AvgIpc) is 3.03. The van der Waals surface area contributed by atoms with Crippen LogP contribution in [0, 0.1) is 5.92 Å². The number of carbonyl (C=O) groups is 1. The van der Waals surface area contributed by atoms with E-state index in [0.717, 1.165) is 35.5 Å². The van der Waals surface area contributed by atoms with Crippen LogP contribution in [0.25, 0.3) is 11.1 Å². The molecule has 0 saturated heterocycles. The number of hydrogen-bond acceptors (Lipinski definition) is 3. The zero-order valence-electron chi connectivity index (χ0n) is 11.8. The van der Waals surface area contributed by atoms with Crippen LogP contribution in [0.4, 0.5) is 5.69 Å². The second-order valence-electron chi connectivity index (χ2n) is 6.03. The lowest BCUT2D eigenvalue weighted by Gasteiger charge is -2.08. The molecule has 1 heterocycles. The molecule has 0 unspecified atom stereocenters. The van der Waals surface area contributed by atoms with Crippen LogP contribution in [0.5, 0.6) is 0 Å². The fourth-order valence-electron chi connectivity index (χ4n) is 2.84. The maximum absolute atomic E-state index is 12.0.